The lowest BCUT2D eigenvalue weighted by Crippen LogP contribution is -1.78. The van der Waals surface area contributed by atoms with Crippen LogP contribution in [0.4, 0.5) is 0 Å². The van der Waals surface area contributed by atoms with Gasteiger partial charge in [0.25, 0.3) is 0 Å². The number of methoxy groups -OCH3 is 2. The number of para-hydroxylation sites is 2. The summed E-state index contributed by atoms with van der Waals surface area (Å²) in [5.41, 5.74) is 2.74. The molecule has 2 nitrogen and oxygen atoms in total. The molecule has 0 saturated carbocycles. The van der Waals surface area contributed by atoms with Gasteiger partial charge < -0.3 is 9.47 Å². The minimum Gasteiger partial charge on any atom is -0.497 e. The highest BCUT2D eigenvalue weighted by molar-refractivity contribution is 5.23. The molecule has 0 aliphatic carbocycles. The highest BCUT2D eigenvalue weighted by atomic mass is 16.5. The summed E-state index contributed by atoms with van der Waals surface area (Å²) in [6.07, 6.45) is 0. The van der Waals surface area contributed by atoms with Gasteiger partial charge >= 0.3 is 0 Å². The molecule has 0 unspecified atom stereocenters. The van der Waals surface area contributed by atoms with Crippen molar-refractivity contribution in [3.05, 3.63) is 96.1 Å². The lowest BCUT2D eigenvalue weighted by molar-refractivity contribution is 0.414. The number of hydrogen-bond donors (Lipinski definition) is 0. The lowest BCUT2D eigenvalue weighted by atomic mass is 10.1. The van der Waals surface area contributed by atoms with Gasteiger partial charge in [0.2, 0.25) is 0 Å². The summed E-state index contributed by atoms with van der Waals surface area (Å²) in [4.78, 5) is 0. The summed E-state index contributed by atoms with van der Waals surface area (Å²) in [6, 6.07) is 27.7. The zero-order valence-electron chi connectivity index (χ0n) is 14.9. The first-order valence-electron chi connectivity index (χ1n) is 7.87. The van der Waals surface area contributed by atoms with Crippen molar-refractivity contribution < 1.29 is 9.47 Å². The lowest BCUT2D eigenvalue weighted by Gasteiger charge is -1.93. The molecule has 0 N–H and O–H groups in total. The van der Waals surface area contributed by atoms with Gasteiger partial charge in [0.05, 0.1) is 14.2 Å². The van der Waals surface area contributed by atoms with E-state index in [0.29, 0.717) is 0 Å². The van der Waals surface area contributed by atoms with Crippen LogP contribution in [0.15, 0.2) is 84.9 Å². The Balaban J connectivity index is 0.000000180. The Kier molecular flexibility index (Phi) is 9.48. The van der Waals surface area contributed by atoms with Gasteiger partial charge in [0.15, 0.2) is 0 Å². The zero-order valence-corrected chi connectivity index (χ0v) is 14.9. The van der Waals surface area contributed by atoms with Crippen LogP contribution < -0.4 is 9.47 Å². The fourth-order valence-electron chi connectivity index (χ4n) is 1.78. The normalized spacial score (nSPS) is 8.83. The largest absolute Gasteiger partial charge is 0.497 e. The Morgan fingerprint density at radius 3 is 0.958 bits per heavy atom. The molecule has 0 aliphatic rings. The Bertz CT molecular complexity index is 603. The molecule has 0 heterocycles. The zero-order chi connectivity index (χ0) is 17.6. The van der Waals surface area contributed by atoms with Gasteiger partial charge in [-0.2, -0.15) is 0 Å². The van der Waals surface area contributed by atoms with Gasteiger partial charge in [-0.3, -0.25) is 0 Å². The van der Waals surface area contributed by atoms with E-state index in [-0.39, 0.29) is 0 Å². The van der Waals surface area contributed by atoms with Crippen molar-refractivity contribution in [1.29, 1.82) is 0 Å². The predicted molar refractivity (Wildman–Crippen MR) is 102 cm³/mol. The average Bonchev–Trinajstić information content (AvgIpc) is 2.66. The quantitative estimate of drug-likeness (QED) is 0.603. The van der Waals surface area contributed by atoms with Crippen molar-refractivity contribution in [1.82, 2.24) is 0 Å². The third-order valence-corrected chi connectivity index (χ3v) is 3.38. The SMILES string of the molecule is COc1ccccc1.COc1ccccc1.Cc1ccccc1C. The van der Waals surface area contributed by atoms with Crippen LogP contribution in [0.25, 0.3) is 0 Å². The Labute approximate surface area is 145 Å². The third-order valence-electron chi connectivity index (χ3n) is 3.38. The van der Waals surface area contributed by atoms with Crippen LogP contribution in [0, 0.1) is 13.8 Å². The molecule has 0 spiro atoms. The van der Waals surface area contributed by atoms with Gasteiger partial charge in [-0.1, -0.05) is 60.7 Å². The van der Waals surface area contributed by atoms with Crippen LogP contribution in [0.3, 0.4) is 0 Å². The fourth-order valence-corrected chi connectivity index (χ4v) is 1.78. The van der Waals surface area contributed by atoms with E-state index in [1.807, 2.05) is 60.7 Å². The average molecular weight is 322 g/mol. The van der Waals surface area contributed by atoms with Gasteiger partial charge in [-0.25, -0.2) is 0 Å². The molecule has 24 heavy (non-hydrogen) atoms. The molecule has 2 heteroatoms. The van der Waals surface area contributed by atoms with Crippen LogP contribution in [0.2, 0.25) is 0 Å². The number of rotatable bonds is 2. The van der Waals surface area contributed by atoms with E-state index in [2.05, 4.69) is 38.1 Å². The summed E-state index contributed by atoms with van der Waals surface area (Å²) in [7, 11) is 3.32. The van der Waals surface area contributed by atoms with Crippen LogP contribution in [0.1, 0.15) is 11.1 Å². The van der Waals surface area contributed by atoms with E-state index >= 15 is 0 Å². The van der Waals surface area contributed by atoms with Gasteiger partial charge in [0.1, 0.15) is 11.5 Å². The first-order chi connectivity index (χ1) is 11.7. The summed E-state index contributed by atoms with van der Waals surface area (Å²) in [5, 5.41) is 0. The topological polar surface area (TPSA) is 18.5 Å². The van der Waals surface area contributed by atoms with E-state index in [1.54, 1.807) is 14.2 Å². The molecule has 0 amide bonds. The molecule has 0 bridgehead atoms. The highest BCUT2D eigenvalue weighted by Gasteiger charge is 1.84. The van der Waals surface area contributed by atoms with Crippen molar-refractivity contribution >= 4 is 0 Å². The molecule has 3 aromatic carbocycles. The van der Waals surface area contributed by atoms with Gasteiger partial charge in [-0.05, 0) is 49.2 Å². The standard InChI is InChI=1S/C8H10.2C7H8O/c1-7-5-3-4-6-8(7)2;2*1-8-7-5-3-2-4-6-7/h3-6H,1-2H3;2*2-6H,1H3. The predicted octanol–water partition coefficient (Wildman–Crippen LogP) is 5.69. The van der Waals surface area contributed by atoms with Crippen molar-refractivity contribution in [2.45, 2.75) is 13.8 Å². The maximum absolute atomic E-state index is 4.91. The van der Waals surface area contributed by atoms with E-state index < -0.39 is 0 Å². The van der Waals surface area contributed by atoms with Crippen molar-refractivity contribution in [2.24, 2.45) is 0 Å². The molecule has 0 aromatic heterocycles. The first-order valence-corrected chi connectivity index (χ1v) is 7.87. The summed E-state index contributed by atoms with van der Waals surface area (Å²) in [5.74, 6) is 1.82. The van der Waals surface area contributed by atoms with Crippen molar-refractivity contribution in [2.75, 3.05) is 14.2 Å². The van der Waals surface area contributed by atoms with E-state index in [9.17, 15) is 0 Å². The second-order valence-electron chi connectivity index (χ2n) is 5.12. The molecule has 126 valence electrons. The maximum Gasteiger partial charge on any atom is 0.118 e. The summed E-state index contributed by atoms with van der Waals surface area (Å²) >= 11 is 0. The molecule has 3 rings (SSSR count). The second kappa shape index (κ2) is 11.8. The Hall–Kier alpha value is -2.74. The smallest absolute Gasteiger partial charge is 0.118 e. The molecule has 0 atom stereocenters. The van der Waals surface area contributed by atoms with E-state index in [4.69, 9.17) is 9.47 Å². The molecular formula is C22H26O2. The number of aryl methyl sites for hydroxylation is 2. The Morgan fingerprint density at radius 1 is 0.458 bits per heavy atom. The van der Waals surface area contributed by atoms with Crippen LogP contribution >= 0.6 is 0 Å². The van der Waals surface area contributed by atoms with Crippen LogP contribution in [0.5, 0.6) is 11.5 Å². The minimum absolute atomic E-state index is 0.910. The highest BCUT2D eigenvalue weighted by Crippen LogP contribution is 2.06. The van der Waals surface area contributed by atoms with Crippen LogP contribution in [-0.2, 0) is 0 Å². The third kappa shape index (κ3) is 8.04. The molecule has 0 aliphatic heterocycles. The minimum atomic E-state index is 0.910. The van der Waals surface area contributed by atoms with E-state index in [0.717, 1.165) is 11.5 Å². The first kappa shape index (κ1) is 19.3. The molecule has 0 saturated heterocycles. The van der Waals surface area contributed by atoms with Gasteiger partial charge in [-0.15, -0.1) is 0 Å². The molecular weight excluding hydrogens is 296 g/mol. The van der Waals surface area contributed by atoms with Crippen LogP contribution in [-0.4, -0.2) is 14.2 Å². The van der Waals surface area contributed by atoms with Crippen molar-refractivity contribution in [3.8, 4) is 11.5 Å². The van der Waals surface area contributed by atoms with Gasteiger partial charge in [0, 0.05) is 0 Å². The van der Waals surface area contributed by atoms with Crippen molar-refractivity contribution in [3.63, 3.8) is 0 Å². The maximum atomic E-state index is 4.91. The summed E-state index contributed by atoms with van der Waals surface area (Å²) in [6.45, 7) is 4.24. The van der Waals surface area contributed by atoms with E-state index in [1.165, 1.54) is 11.1 Å². The number of hydrogen-bond acceptors (Lipinski definition) is 2. The molecule has 0 radical (unpaired) electrons. The monoisotopic (exact) mass is 322 g/mol. The number of benzene rings is 3. The molecule has 0 fully saturated rings. The number of ether oxygens (including phenoxy) is 2. The molecule has 3 aromatic rings. The fraction of sp³-hybridized carbons (Fsp3) is 0.182. The second-order valence-corrected chi connectivity index (χ2v) is 5.12. The Morgan fingerprint density at radius 2 is 0.750 bits per heavy atom. The summed E-state index contributed by atoms with van der Waals surface area (Å²) < 4.78 is 9.83.